The van der Waals surface area contributed by atoms with Crippen molar-refractivity contribution in [2.75, 3.05) is 12.4 Å². The highest BCUT2D eigenvalue weighted by Gasteiger charge is 2.19. The molecule has 0 atom stereocenters. The van der Waals surface area contributed by atoms with Crippen LogP contribution in [-0.2, 0) is 9.59 Å². The van der Waals surface area contributed by atoms with Crippen molar-refractivity contribution in [3.8, 4) is 11.5 Å². The van der Waals surface area contributed by atoms with E-state index in [1.165, 1.54) is 24.7 Å². The van der Waals surface area contributed by atoms with Gasteiger partial charge in [0.1, 0.15) is 16.4 Å². The van der Waals surface area contributed by atoms with E-state index < -0.39 is 17.8 Å². The number of halogens is 1. The number of hydrogen-bond acceptors (Lipinski definition) is 7. The van der Waals surface area contributed by atoms with Gasteiger partial charge in [-0.1, -0.05) is 48.0 Å². The first-order valence-electron chi connectivity index (χ1n) is 10.2. The van der Waals surface area contributed by atoms with Crippen LogP contribution in [0.1, 0.15) is 15.2 Å². The molecule has 0 fully saturated rings. The highest BCUT2D eigenvalue weighted by Crippen LogP contribution is 2.35. The zero-order chi connectivity index (χ0) is 24.8. The second-order valence-corrected chi connectivity index (χ2v) is 8.52. The van der Waals surface area contributed by atoms with Crippen molar-refractivity contribution in [2.24, 2.45) is 5.10 Å². The van der Waals surface area contributed by atoms with Crippen molar-refractivity contribution in [2.45, 2.75) is 0 Å². The van der Waals surface area contributed by atoms with Crippen LogP contribution in [-0.4, -0.2) is 31.1 Å². The van der Waals surface area contributed by atoms with Crippen LogP contribution in [0.4, 0.5) is 5.69 Å². The number of nitrogens with one attached hydrogen (secondary N) is 2. The Labute approximate surface area is 209 Å². The fourth-order valence-electron chi connectivity index (χ4n) is 3.06. The number of benzene rings is 3. The number of thiophene rings is 1. The first-order valence-corrected chi connectivity index (χ1v) is 11.4. The van der Waals surface area contributed by atoms with Crippen LogP contribution in [0.25, 0.3) is 10.1 Å². The summed E-state index contributed by atoms with van der Waals surface area (Å²) < 4.78 is 11.4. The maximum Gasteiger partial charge on any atom is 0.355 e. The molecule has 10 heteroatoms. The van der Waals surface area contributed by atoms with Crippen molar-refractivity contribution in [3.05, 3.63) is 88.3 Å². The Balaban J connectivity index is 1.36. The molecule has 0 aliphatic rings. The number of carbonyl (C=O) groups is 3. The second kappa shape index (κ2) is 10.8. The molecule has 2 N–H and O–H groups in total. The van der Waals surface area contributed by atoms with Gasteiger partial charge in [0.25, 0.3) is 0 Å². The van der Waals surface area contributed by atoms with Crippen LogP contribution in [0.15, 0.2) is 77.9 Å². The minimum absolute atomic E-state index is 0.273. The average Bonchev–Trinajstić information content (AvgIpc) is 3.21. The number of esters is 1. The Morgan fingerprint density at radius 1 is 0.943 bits per heavy atom. The van der Waals surface area contributed by atoms with Crippen molar-refractivity contribution in [1.29, 1.82) is 0 Å². The molecule has 1 heterocycles. The SMILES string of the molecule is COc1cccc(NC(=O)C(=O)N/N=C\c2cccc(OC(=O)c3sc4ccccc4c3Cl)c2)c1. The Kier molecular flexibility index (Phi) is 7.39. The fourth-order valence-corrected chi connectivity index (χ4v) is 4.45. The van der Waals surface area contributed by atoms with Crippen LogP contribution >= 0.6 is 22.9 Å². The second-order valence-electron chi connectivity index (χ2n) is 7.09. The van der Waals surface area contributed by atoms with Crippen molar-refractivity contribution in [1.82, 2.24) is 5.43 Å². The third kappa shape index (κ3) is 5.84. The van der Waals surface area contributed by atoms with Gasteiger partial charge in [-0.2, -0.15) is 5.10 Å². The van der Waals surface area contributed by atoms with Gasteiger partial charge in [-0.05, 0) is 35.9 Å². The van der Waals surface area contributed by atoms with E-state index in [-0.39, 0.29) is 5.75 Å². The van der Waals surface area contributed by atoms with E-state index in [2.05, 4.69) is 15.8 Å². The average molecular weight is 508 g/mol. The van der Waals surface area contributed by atoms with E-state index in [9.17, 15) is 14.4 Å². The topological polar surface area (TPSA) is 106 Å². The van der Waals surface area contributed by atoms with Crippen LogP contribution in [0.2, 0.25) is 5.02 Å². The van der Waals surface area contributed by atoms with E-state index >= 15 is 0 Å². The summed E-state index contributed by atoms with van der Waals surface area (Å²) in [6.07, 6.45) is 1.32. The molecule has 3 aromatic carbocycles. The lowest BCUT2D eigenvalue weighted by molar-refractivity contribution is -0.136. The van der Waals surface area contributed by atoms with E-state index in [1.807, 2.05) is 24.3 Å². The van der Waals surface area contributed by atoms with Crippen LogP contribution < -0.4 is 20.2 Å². The number of hydrazone groups is 1. The number of amides is 2. The van der Waals surface area contributed by atoms with E-state index in [1.54, 1.807) is 48.5 Å². The highest BCUT2D eigenvalue weighted by atomic mass is 35.5. The molecule has 0 radical (unpaired) electrons. The molecule has 0 saturated heterocycles. The summed E-state index contributed by atoms with van der Waals surface area (Å²) >= 11 is 7.60. The zero-order valence-corrected chi connectivity index (χ0v) is 19.9. The summed E-state index contributed by atoms with van der Waals surface area (Å²) in [6.45, 7) is 0. The number of fused-ring (bicyclic) bond motifs is 1. The minimum Gasteiger partial charge on any atom is -0.497 e. The summed E-state index contributed by atoms with van der Waals surface area (Å²) in [4.78, 5) is 37.0. The lowest BCUT2D eigenvalue weighted by atomic mass is 10.2. The van der Waals surface area contributed by atoms with Gasteiger partial charge in [0.15, 0.2) is 0 Å². The molecule has 35 heavy (non-hydrogen) atoms. The lowest BCUT2D eigenvalue weighted by Gasteiger charge is -2.06. The summed E-state index contributed by atoms with van der Waals surface area (Å²) in [7, 11) is 1.50. The van der Waals surface area contributed by atoms with Gasteiger partial charge in [-0.3, -0.25) is 9.59 Å². The number of nitrogens with zero attached hydrogens (tertiary/aromatic N) is 1. The molecule has 0 spiro atoms. The van der Waals surface area contributed by atoms with Crippen molar-refractivity contribution in [3.63, 3.8) is 0 Å². The van der Waals surface area contributed by atoms with E-state index in [0.717, 1.165) is 10.1 Å². The number of ether oxygens (including phenoxy) is 2. The minimum atomic E-state index is -0.953. The maximum absolute atomic E-state index is 12.6. The molecule has 0 saturated carbocycles. The quantitative estimate of drug-likeness (QED) is 0.127. The molecule has 4 aromatic rings. The summed E-state index contributed by atoms with van der Waals surface area (Å²) in [5.41, 5.74) is 3.09. The van der Waals surface area contributed by atoms with Crippen molar-refractivity contribution >= 4 is 62.7 Å². The Bertz CT molecular complexity index is 1450. The number of carbonyl (C=O) groups excluding carboxylic acids is 3. The monoisotopic (exact) mass is 507 g/mol. The predicted octanol–water partition coefficient (Wildman–Crippen LogP) is 4.87. The highest BCUT2D eigenvalue weighted by molar-refractivity contribution is 7.21. The smallest absolute Gasteiger partial charge is 0.355 e. The first kappa shape index (κ1) is 23.9. The molecule has 0 unspecified atom stereocenters. The Morgan fingerprint density at radius 3 is 2.51 bits per heavy atom. The number of hydrogen-bond donors (Lipinski definition) is 2. The summed E-state index contributed by atoms with van der Waals surface area (Å²) in [6, 6.07) is 20.5. The third-order valence-electron chi connectivity index (χ3n) is 4.70. The van der Waals surface area contributed by atoms with Gasteiger partial charge in [0.2, 0.25) is 0 Å². The maximum atomic E-state index is 12.6. The van der Waals surface area contributed by atoms with Gasteiger partial charge in [0, 0.05) is 21.8 Å². The molecule has 0 aliphatic carbocycles. The van der Waals surface area contributed by atoms with Gasteiger partial charge in [-0.15, -0.1) is 11.3 Å². The molecule has 0 aliphatic heterocycles. The van der Waals surface area contributed by atoms with Gasteiger partial charge >= 0.3 is 17.8 Å². The standard InChI is InChI=1S/C25H18ClN3O5S/c1-33-17-8-5-7-16(13-17)28-23(30)24(31)29-27-14-15-6-4-9-18(12-15)34-25(32)22-21(26)19-10-2-3-11-20(19)35-22/h2-14H,1H3,(H,28,30)(H,29,31)/b27-14-. The first-order chi connectivity index (χ1) is 16.9. The van der Waals surface area contributed by atoms with Gasteiger partial charge in [-0.25, -0.2) is 10.2 Å². The molecular formula is C25H18ClN3O5S. The molecular weight excluding hydrogens is 490 g/mol. The zero-order valence-electron chi connectivity index (χ0n) is 18.3. The molecule has 4 rings (SSSR count). The molecule has 8 nitrogen and oxygen atoms in total. The largest absolute Gasteiger partial charge is 0.497 e. The lowest BCUT2D eigenvalue weighted by Crippen LogP contribution is -2.32. The molecule has 1 aromatic heterocycles. The predicted molar refractivity (Wildman–Crippen MR) is 136 cm³/mol. The number of rotatable bonds is 6. The van der Waals surface area contributed by atoms with Crippen LogP contribution in [0.3, 0.4) is 0 Å². The van der Waals surface area contributed by atoms with Crippen molar-refractivity contribution < 1.29 is 23.9 Å². The molecule has 176 valence electrons. The fraction of sp³-hybridized carbons (Fsp3) is 0.0400. The van der Waals surface area contributed by atoms with E-state index in [4.69, 9.17) is 21.1 Å². The summed E-state index contributed by atoms with van der Waals surface area (Å²) in [5.74, 6) is -1.61. The van der Waals surface area contributed by atoms with E-state index in [0.29, 0.717) is 26.9 Å². The van der Waals surface area contributed by atoms with Crippen LogP contribution in [0.5, 0.6) is 11.5 Å². The number of anilines is 1. The van der Waals surface area contributed by atoms with Gasteiger partial charge < -0.3 is 14.8 Å². The normalized spacial score (nSPS) is 10.8. The number of methoxy groups -OCH3 is 1. The summed E-state index contributed by atoms with van der Waals surface area (Å²) in [5, 5.41) is 7.38. The molecule has 2 amide bonds. The van der Waals surface area contributed by atoms with Crippen LogP contribution in [0, 0.1) is 0 Å². The Hall–Kier alpha value is -4.21. The molecule has 0 bridgehead atoms. The Morgan fingerprint density at radius 2 is 1.71 bits per heavy atom. The third-order valence-corrected chi connectivity index (χ3v) is 6.36. The van der Waals surface area contributed by atoms with Gasteiger partial charge in [0.05, 0.1) is 18.3 Å².